The van der Waals surface area contributed by atoms with E-state index in [0.717, 1.165) is 10.9 Å². The largest absolute Gasteiger partial charge is 0.339 e. The summed E-state index contributed by atoms with van der Waals surface area (Å²) in [4.78, 5) is 38.4. The van der Waals surface area contributed by atoms with E-state index in [1.54, 1.807) is 34.3 Å². The highest BCUT2D eigenvalue weighted by atomic mass is 16.2. The number of benzene rings is 1. The predicted molar refractivity (Wildman–Crippen MR) is 98.5 cm³/mol. The van der Waals surface area contributed by atoms with Gasteiger partial charge >= 0.3 is 0 Å². The number of aryl methyl sites for hydroxylation is 2. The number of ketones is 1. The molecule has 1 fully saturated rings. The lowest BCUT2D eigenvalue weighted by molar-refractivity contribution is -0.134. The minimum atomic E-state index is -0.150. The van der Waals surface area contributed by atoms with Crippen molar-refractivity contribution in [2.75, 3.05) is 13.1 Å². The summed E-state index contributed by atoms with van der Waals surface area (Å²) in [7, 11) is 1.72. The maximum Gasteiger partial charge on any atom is 0.259 e. The molecule has 0 bridgehead atoms. The molecule has 1 aliphatic rings. The molecule has 134 valence electrons. The Labute approximate surface area is 149 Å². The number of nitrogens with zero attached hydrogens (tertiary/aromatic N) is 4. The van der Waals surface area contributed by atoms with Crippen LogP contribution in [-0.4, -0.2) is 44.0 Å². The molecule has 0 N–H and O–H groups in total. The zero-order valence-electron chi connectivity index (χ0n) is 15.2. The summed E-state index contributed by atoms with van der Waals surface area (Å²) in [5.41, 5.74) is 1.95. The van der Waals surface area contributed by atoms with Gasteiger partial charge in [-0.15, -0.1) is 0 Å². The third-order valence-electron chi connectivity index (χ3n) is 5.21. The Kier molecular flexibility index (Phi) is 3.50. The van der Waals surface area contributed by atoms with Gasteiger partial charge in [0.2, 0.25) is 5.91 Å². The number of pyridine rings is 1. The summed E-state index contributed by atoms with van der Waals surface area (Å²) in [5, 5.41) is 6.47. The number of likely N-dealkylation sites (tertiary alicyclic amines) is 1. The Morgan fingerprint density at radius 1 is 1.15 bits per heavy atom. The van der Waals surface area contributed by atoms with Crippen molar-refractivity contribution in [1.29, 1.82) is 0 Å². The number of fused-ring (bicyclic) bond motifs is 3. The van der Waals surface area contributed by atoms with Crippen LogP contribution >= 0.6 is 0 Å². The van der Waals surface area contributed by atoms with Crippen molar-refractivity contribution in [3.05, 3.63) is 39.8 Å². The van der Waals surface area contributed by atoms with Gasteiger partial charge in [-0.1, -0.05) is 0 Å². The summed E-state index contributed by atoms with van der Waals surface area (Å²) in [6, 6.07) is 3.68. The lowest BCUT2D eigenvalue weighted by Crippen LogP contribution is -2.50. The molecule has 26 heavy (non-hydrogen) atoms. The highest BCUT2D eigenvalue weighted by Crippen LogP contribution is 2.30. The van der Waals surface area contributed by atoms with Crippen LogP contribution in [0.2, 0.25) is 0 Å². The highest BCUT2D eigenvalue weighted by Gasteiger charge is 2.32. The average molecular weight is 352 g/mol. The van der Waals surface area contributed by atoms with Crippen molar-refractivity contribution < 1.29 is 9.59 Å². The van der Waals surface area contributed by atoms with Crippen LogP contribution in [0.4, 0.5) is 0 Å². The van der Waals surface area contributed by atoms with Crippen molar-refractivity contribution in [3.63, 3.8) is 0 Å². The van der Waals surface area contributed by atoms with Gasteiger partial charge in [-0.05, 0) is 31.5 Å². The van der Waals surface area contributed by atoms with Crippen LogP contribution in [-0.2, 0) is 11.8 Å². The molecule has 3 aromatic rings. The Hall–Kier alpha value is -2.96. The van der Waals surface area contributed by atoms with Crippen molar-refractivity contribution in [1.82, 2.24) is 19.2 Å². The molecule has 0 spiro atoms. The third kappa shape index (κ3) is 2.20. The minimum absolute atomic E-state index is 0.0330. The van der Waals surface area contributed by atoms with E-state index in [2.05, 4.69) is 5.10 Å². The number of hydrogen-bond donors (Lipinski definition) is 0. The molecule has 1 saturated heterocycles. The number of hydrogen-bond acceptors (Lipinski definition) is 4. The van der Waals surface area contributed by atoms with Crippen LogP contribution in [0.25, 0.3) is 21.8 Å². The minimum Gasteiger partial charge on any atom is -0.339 e. The molecule has 1 aliphatic heterocycles. The van der Waals surface area contributed by atoms with E-state index in [-0.39, 0.29) is 23.3 Å². The Morgan fingerprint density at radius 2 is 1.85 bits per heavy atom. The zero-order chi connectivity index (χ0) is 18.7. The predicted octanol–water partition coefficient (Wildman–Crippen LogP) is 1.80. The maximum absolute atomic E-state index is 13.0. The monoisotopic (exact) mass is 352 g/mol. The lowest BCUT2D eigenvalue weighted by Gasteiger charge is -2.38. The van der Waals surface area contributed by atoms with Crippen molar-refractivity contribution >= 4 is 33.5 Å². The van der Waals surface area contributed by atoms with Crippen molar-refractivity contribution in [3.8, 4) is 0 Å². The fraction of sp³-hybridized carbons (Fsp3) is 0.368. The van der Waals surface area contributed by atoms with Gasteiger partial charge in [-0.2, -0.15) is 5.10 Å². The second kappa shape index (κ2) is 5.52. The van der Waals surface area contributed by atoms with Gasteiger partial charge in [0.25, 0.3) is 5.56 Å². The summed E-state index contributed by atoms with van der Waals surface area (Å²) >= 11 is 0. The van der Waals surface area contributed by atoms with Crippen LogP contribution < -0.4 is 5.56 Å². The first-order chi connectivity index (χ1) is 12.3. The molecule has 3 heterocycles. The maximum atomic E-state index is 13.0. The summed E-state index contributed by atoms with van der Waals surface area (Å²) in [6.45, 7) is 6.09. The molecule has 7 heteroatoms. The Bertz CT molecular complexity index is 1150. The molecule has 1 aromatic carbocycles. The Balaban J connectivity index is 2.02. The van der Waals surface area contributed by atoms with Gasteiger partial charge < -0.3 is 4.90 Å². The molecule has 0 saturated carbocycles. The van der Waals surface area contributed by atoms with Crippen LogP contribution in [0, 0.1) is 6.92 Å². The van der Waals surface area contributed by atoms with Gasteiger partial charge in [-0.25, -0.2) is 4.68 Å². The number of Topliss-reactive ketones (excluding diaryl/α,β-unsaturated/α-hetero) is 1. The van der Waals surface area contributed by atoms with Gasteiger partial charge in [0.05, 0.1) is 12.2 Å². The number of carbonyl (C=O) groups is 2. The first kappa shape index (κ1) is 16.5. The molecule has 0 aliphatic carbocycles. The average Bonchev–Trinajstić information content (AvgIpc) is 2.94. The van der Waals surface area contributed by atoms with E-state index in [1.807, 2.05) is 19.1 Å². The molecular weight excluding hydrogens is 332 g/mol. The standard InChI is InChI=1S/C19H20N4O3/c1-10-5-14(11(2)24)17-15(6-10)19(26)21(4)18-16(17)7-20-23(18)13-8-22(9-13)12(3)25/h5-7,13H,8-9H2,1-4H3. The van der Waals surface area contributed by atoms with Crippen molar-refractivity contribution in [2.45, 2.75) is 26.8 Å². The lowest BCUT2D eigenvalue weighted by atomic mass is 9.98. The second-order valence-corrected chi connectivity index (χ2v) is 7.06. The zero-order valence-corrected chi connectivity index (χ0v) is 15.2. The van der Waals surface area contributed by atoms with E-state index < -0.39 is 0 Å². The van der Waals surface area contributed by atoms with E-state index in [0.29, 0.717) is 35.1 Å². The number of carbonyl (C=O) groups excluding carboxylic acids is 2. The van der Waals surface area contributed by atoms with Crippen LogP contribution in [0.3, 0.4) is 0 Å². The second-order valence-electron chi connectivity index (χ2n) is 7.06. The van der Waals surface area contributed by atoms with Gasteiger partial charge in [0.15, 0.2) is 5.78 Å². The molecular formula is C19H20N4O3. The van der Waals surface area contributed by atoms with Gasteiger partial charge in [0.1, 0.15) is 5.65 Å². The molecule has 0 atom stereocenters. The summed E-state index contributed by atoms with van der Waals surface area (Å²) < 4.78 is 3.39. The molecule has 7 nitrogen and oxygen atoms in total. The van der Waals surface area contributed by atoms with E-state index in [1.165, 1.54) is 6.92 Å². The van der Waals surface area contributed by atoms with E-state index in [4.69, 9.17) is 0 Å². The SMILES string of the molecule is CC(=O)c1cc(C)cc2c(=O)n(C)c3c(cnn3C3CN(C(C)=O)C3)c12. The van der Waals surface area contributed by atoms with Gasteiger partial charge in [0, 0.05) is 48.8 Å². The Morgan fingerprint density at radius 3 is 2.46 bits per heavy atom. The quantitative estimate of drug-likeness (QED) is 0.659. The summed E-state index contributed by atoms with van der Waals surface area (Å²) in [5.74, 6) is -0.0428. The van der Waals surface area contributed by atoms with E-state index >= 15 is 0 Å². The molecule has 0 radical (unpaired) electrons. The number of amides is 1. The number of rotatable bonds is 2. The van der Waals surface area contributed by atoms with Crippen LogP contribution in [0.1, 0.15) is 35.8 Å². The van der Waals surface area contributed by atoms with Gasteiger partial charge in [-0.3, -0.25) is 19.0 Å². The topological polar surface area (TPSA) is 77.2 Å². The fourth-order valence-corrected chi connectivity index (χ4v) is 3.80. The van der Waals surface area contributed by atoms with Crippen LogP contribution in [0.5, 0.6) is 0 Å². The highest BCUT2D eigenvalue weighted by molar-refractivity contribution is 6.16. The molecule has 4 rings (SSSR count). The fourth-order valence-electron chi connectivity index (χ4n) is 3.80. The number of aromatic nitrogens is 3. The smallest absolute Gasteiger partial charge is 0.259 e. The third-order valence-corrected chi connectivity index (χ3v) is 5.21. The first-order valence-electron chi connectivity index (χ1n) is 8.56. The first-order valence-corrected chi connectivity index (χ1v) is 8.56. The van der Waals surface area contributed by atoms with Crippen molar-refractivity contribution in [2.24, 2.45) is 7.05 Å². The van der Waals surface area contributed by atoms with Crippen LogP contribution in [0.15, 0.2) is 23.1 Å². The molecule has 2 aromatic heterocycles. The summed E-state index contributed by atoms with van der Waals surface area (Å²) in [6.07, 6.45) is 1.72. The van der Waals surface area contributed by atoms with E-state index in [9.17, 15) is 14.4 Å². The molecule has 0 unspecified atom stereocenters. The molecule has 1 amide bonds. The normalized spacial score (nSPS) is 14.8.